The lowest BCUT2D eigenvalue weighted by Crippen LogP contribution is -1.93. The summed E-state index contributed by atoms with van der Waals surface area (Å²) in [6.45, 7) is 2.26. The van der Waals surface area contributed by atoms with Crippen LogP contribution in [0.25, 0.3) is 0 Å². The first-order valence-electron chi connectivity index (χ1n) is 9.41. The summed E-state index contributed by atoms with van der Waals surface area (Å²) >= 11 is 0. The molecule has 3 heteroatoms. The monoisotopic (exact) mass is 322 g/mol. The third kappa shape index (κ3) is 12.1. The Balaban J connectivity index is 1.87. The first-order chi connectivity index (χ1) is 11.2. The summed E-state index contributed by atoms with van der Waals surface area (Å²) in [5.41, 5.74) is 0. The van der Waals surface area contributed by atoms with Gasteiger partial charge in [-0.25, -0.2) is 0 Å². The quantitative estimate of drug-likeness (QED) is 0.241. The molecule has 1 heterocycles. The summed E-state index contributed by atoms with van der Waals surface area (Å²) in [6.07, 6.45) is 22.7. The van der Waals surface area contributed by atoms with E-state index in [4.69, 9.17) is 9.84 Å². The molecule has 0 radical (unpaired) electrons. The topological polar surface area (TPSA) is 49.8 Å². The van der Waals surface area contributed by atoms with Crippen LogP contribution in [0.2, 0.25) is 0 Å². The number of carboxylic acids is 1. The van der Waals surface area contributed by atoms with E-state index < -0.39 is 5.97 Å². The van der Waals surface area contributed by atoms with Gasteiger partial charge >= 0.3 is 5.97 Å². The molecule has 0 aliphatic carbocycles. The standard InChI is InChI=1S/C20H34O3/c1-2-3-4-5-9-12-15-18-19(23-18)16-13-10-7-6-8-11-14-17-20(21)22/h6,8,10,13,18-19H,2-5,7,9,11-12,14-17H2,1H3,(H,21,22)/b8-6+,13-10+. The van der Waals surface area contributed by atoms with Gasteiger partial charge in [0.25, 0.3) is 0 Å². The van der Waals surface area contributed by atoms with Crippen LogP contribution in [0.15, 0.2) is 24.3 Å². The lowest BCUT2D eigenvalue weighted by atomic mass is 10.1. The molecule has 1 N–H and O–H groups in total. The van der Waals surface area contributed by atoms with Crippen LogP contribution in [0.4, 0.5) is 0 Å². The smallest absolute Gasteiger partial charge is 0.303 e. The molecule has 0 aromatic carbocycles. The number of unbranched alkanes of at least 4 members (excludes halogenated alkanes) is 6. The molecule has 23 heavy (non-hydrogen) atoms. The van der Waals surface area contributed by atoms with Crippen molar-refractivity contribution in [2.24, 2.45) is 0 Å². The summed E-state index contributed by atoms with van der Waals surface area (Å²) in [5.74, 6) is -0.710. The Labute approximate surface area is 141 Å². The number of hydrogen-bond donors (Lipinski definition) is 1. The van der Waals surface area contributed by atoms with E-state index in [1.807, 2.05) is 0 Å². The molecule has 132 valence electrons. The highest BCUT2D eigenvalue weighted by Gasteiger charge is 2.36. The average molecular weight is 322 g/mol. The van der Waals surface area contributed by atoms with Crippen LogP contribution in [-0.2, 0) is 9.53 Å². The van der Waals surface area contributed by atoms with Gasteiger partial charge in [-0.1, -0.05) is 69.8 Å². The third-order valence-electron chi connectivity index (χ3n) is 4.27. The second kappa shape index (κ2) is 13.4. The van der Waals surface area contributed by atoms with Gasteiger partial charge in [0.15, 0.2) is 0 Å². The van der Waals surface area contributed by atoms with Gasteiger partial charge in [-0.2, -0.15) is 0 Å². The van der Waals surface area contributed by atoms with E-state index in [9.17, 15) is 4.79 Å². The molecule has 0 saturated carbocycles. The van der Waals surface area contributed by atoms with Crippen molar-refractivity contribution < 1.29 is 14.6 Å². The van der Waals surface area contributed by atoms with Gasteiger partial charge in [-0.05, 0) is 32.1 Å². The number of epoxide rings is 1. The van der Waals surface area contributed by atoms with E-state index in [0.29, 0.717) is 12.2 Å². The highest BCUT2D eigenvalue weighted by atomic mass is 16.6. The predicted octanol–water partition coefficient (Wildman–Crippen LogP) is 5.65. The van der Waals surface area contributed by atoms with Crippen LogP contribution < -0.4 is 0 Å². The second-order valence-electron chi connectivity index (χ2n) is 6.47. The van der Waals surface area contributed by atoms with Gasteiger partial charge in [-0.3, -0.25) is 4.79 Å². The maximum atomic E-state index is 10.3. The van der Waals surface area contributed by atoms with E-state index in [1.165, 1.54) is 44.9 Å². The Morgan fingerprint density at radius 3 is 2.48 bits per heavy atom. The fourth-order valence-electron chi connectivity index (χ4n) is 2.76. The summed E-state index contributed by atoms with van der Waals surface area (Å²) in [6, 6.07) is 0. The number of carbonyl (C=O) groups is 1. The summed E-state index contributed by atoms with van der Waals surface area (Å²) in [7, 11) is 0. The zero-order chi connectivity index (χ0) is 16.8. The molecule has 1 aliphatic rings. The average Bonchev–Trinajstić information content (AvgIpc) is 3.27. The van der Waals surface area contributed by atoms with Gasteiger partial charge in [0, 0.05) is 6.42 Å². The van der Waals surface area contributed by atoms with Crippen molar-refractivity contribution in [2.45, 2.75) is 96.2 Å². The summed E-state index contributed by atoms with van der Waals surface area (Å²) in [4.78, 5) is 10.3. The number of rotatable bonds is 15. The Bertz CT molecular complexity index is 360. The molecule has 1 fully saturated rings. The SMILES string of the molecule is CCCCCCCCC1OC1C/C=C/C/C=C/CCCC(=O)O. The van der Waals surface area contributed by atoms with Crippen LogP contribution in [0.5, 0.6) is 0 Å². The molecule has 0 aromatic rings. The Morgan fingerprint density at radius 2 is 1.70 bits per heavy atom. The third-order valence-corrected chi connectivity index (χ3v) is 4.27. The maximum Gasteiger partial charge on any atom is 0.303 e. The van der Waals surface area contributed by atoms with Crippen molar-refractivity contribution in [2.75, 3.05) is 0 Å². The lowest BCUT2D eigenvalue weighted by Gasteiger charge is -1.98. The van der Waals surface area contributed by atoms with E-state index in [-0.39, 0.29) is 6.42 Å². The molecule has 0 amide bonds. The molecule has 0 bridgehead atoms. The lowest BCUT2D eigenvalue weighted by molar-refractivity contribution is -0.137. The Hall–Kier alpha value is -1.09. The van der Waals surface area contributed by atoms with Gasteiger partial charge in [0.2, 0.25) is 0 Å². The van der Waals surface area contributed by atoms with Crippen LogP contribution in [-0.4, -0.2) is 23.3 Å². The molecule has 2 unspecified atom stereocenters. The molecule has 0 aromatic heterocycles. The van der Waals surface area contributed by atoms with E-state index in [2.05, 4.69) is 31.2 Å². The normalized spacial score (nSPS) is 20.6. The molecule has 0 spiro atoms. The van der Waals surface area contributed by atoms with E-state index in [1.54, 1.807) is 0 Å². The number of allylic oxidation sites excluding steroid dienone is 3. The molecule has 1 saturated heterocycles. The molecule has 1 rings (SSSR count). The zero-order valence-electron chi connectivity index (χ0n) is 14.7. The minimum Gasteiger partial charge on any atom is -0.481 e. The fraction of sp³-hybridized carbons (Fsp3) is 0.750. The van der Waals surface area contributed by atoms with E-state index in [0.717, 1.165) is 25.7 Å². The van der Waals surface area contributed by atoms with Crippen molar-refractivity contribution in [3.63, 3.8) is 0 Å². The molecule has 2 atom stereocenters. The number of ether oxygens (including phenoxy) is 1. The maximum absolute atomic E-state index is 10.3. The number of carboxylic acid groups (broad SMARTS) is 1. The molecular weight excluding hydrogens is 288 g/mol. The summed E-state index contributed by atoms with van der Waals surface area (Å²) < 4.78 is 5.70. The van der Waals surface area contributed by atoms with Crippen molar-refractivity contribution in [3.05, 3.63) is 24.3 Å². The first-order valence-corrected chi connectivity index (χ1v) is 9.41. The predicted molar refractivity (Wildman–Crippen MR) is 95.7 cm³/mol. The fourth-order valence-corrected chi connectivity index (χ4v) is 2.76. The summed E-state index contributed by atoms with van der Waals surface area (Å²) in [5, 5.41) is 8.52. The highest BCUT2D eigenvalue weighted by Crippen LogP contribution is 2.30. The highest BCUT2D eigenvalue weighted by molar-refractivity contribution is 5.66. The van der Waals surface area contributed by atoms with Crippen molar-refractivity contribution in [3.8, 4) is 0 Å². The van der Waals surface area contributed by atoms with Gasteiger partial charge < -0.3 is 9.84 Å². The van der Waals surface area contributed by atoms with Gasteiger partial charge in [0.1, 0.15) is 0 Å². The first kappa shape index (κ1) is 20.0. The molecular formula is C20H34O3. The Kier molecular flexibility index (Phi) is 11.6. The van der Waals surface area contributed by atoms with Crippen LogP contribution in [0.3, 0.4) is 0 Å². The van der Waals surface area contributed by atoms with Crippen LogP contribution >= 0.6 is 0 Å². The Morgan fingerprint density at radius 1 is 0.957 bits per heavy atom. The second-order valence-corrected chi connectivity index (χ2v) is 6.47. The number of hydrogen-bond acceptors (Lipinski definition) is 2. The molecule has 1 aliphatic heterocycles. The zero-order valence-corrected chi connectivity index (χ0v) is 14.7. The van der Waals surface area contributed by atoms with Gasteiger partial charge in [0.05, 0.1) is 12.2 Å². The van der Waals surface area contributed by atoms with Crippen molar-refractivity contribution in [1.29, 1.82) is 0 Å². The van der Waals surface area contributed by atoms with Gasteiger partial charge in [-0.15, -0.1) is 0 Å². The number of aliphatic carboxylic acids is 1. The minimum absolute atomic E-state index is 0.263. The van der Waals surface area contributed by atoms with E-state index >= 15 is 0 Å². The van der Waals surface area contributed by atoms with Crippen LogP contribution in [0.1, 0.15) is 84.0 Å². The van der Waals surface area contributed by atoms with Crippen molar-refractivity contribution >= 4 is 5.97 Å². The minimum atomic E-state index is -0.710. The van der Waals surface area contributed by atoms with Crippen molar-refractivity contribution in [1.82, 2.24) is 0 Å². The van der Waals surface area contributed by atoms with Crippen LogP contribution in [0, 0.1) is 0 Å². The molecule has 3 nitrogen and oxygen atoms in total. The largest absolute Gasteiger partial charge is 0.481 e.